The molecule has 0 atom stereocenters. The minimum atomic E-state index is -3.02. The van der Waals surface area contributed by atoms with Crippen LogP contribution < -0.4 is 5.32 Å². The Bertz CT molecular complexity index is 445. The van der Waals surface area contributed by atoms with Crippen LogP contribution >= 0.6 is 11.3 Å². The van der Waals surface area contributed by atoms with Crippen molar-refractivity contribution in [1.29, 1.82) is 0 Å². The van der Waals surface area contributed by atoms with Crippen molar-refractivity contribution in [2.24, 2.45) is 0 Å². The topological polar surface area (TPSA) is 81.2 Å². The maximum Gasteiger partial charge on any atom is 0.154 e. The molecule has 1 heterocycles. The zero-order chi connectivity index (χ0) is 13.4. The van der Waals surface area contributed by atoms with Crippen LogP contribution in [0.2, 0.25) is 0 Å². The lowest BCUT2D eigenvalue weighted by atomic mass is 10.3. The van der Waals surface area contributed by atoms with Crippen molar-refractivity contribution in [3.8, 4) is 0 Å². The third-order valence-corrected chi connectivity index (χ3v) is 4.09. The van der Waals surface area contributed by atoms with Gasteiger partial charge in [0.1, 0.15) is 15.8 Å². The van der Waals surface area contributed by atoms with Crippen molar-refractivity contribution in [3.05, 3.63) is 10.0 Å². The van der Waals surface area contributed by atoms with E-state index in [1.165, 1.54) is 17.6 Å². The molecule has 104 valence electrons. The number of aryl methyl sites for hydroxylation is 1. The molecule has 0 saturated carbocycles. The molecule has 1 aromatic rings. The lowest BCUT2D eigenvalue weighted by Gasteiger charge is -2.01. The van der Waals surface area contributed by atoms with Crippen LogP contribution in [0.15, 0.2) is 0 Å². The van der Waals surface area contributed by atoms with E-state index in [0.29, 0.717) is 11.6 Å². The van der Waals surface area contributed by atoms with Gasteiger partial charge in [-0.15, -0.1) is 21.5 Å². The van der Waals surface area contributed by atoms with Gasteiger partial charge in [-0.3, -0.25) is 0 Å². The maximum absolute atomic E-state index is 11.1. The van der Waals surface area contributed by atoms with Crippen molar-refractivity contribution < 1.29 is 13.2 Å². The summed E-state index contributed by atoms with van der Waals surface area (Å²) in [7, 11) is -1.34. The summed E-state index contributed by atoms with van der Waals surface area (Å²) in [5.41, 5.74) is 0. The van der Waals surface area contributed by atoms with Gasteiger partial charge in [0.25, 0.3) is 0 Å². The van der Waals surface area contributed by atoms with Crippen LogP contribution in [0.4, 0.5) is 0 Å². The summed E-state index contributed by atoms with van der Waals surface area (Å²) in [5, 5.41) is 12.6. The van der Waals surface area contributed by atoms with Crippen LogP contribution in [0.3, 0.4) is 0 Å². The van der Waals surface area contributed by atoms with Gasteiger partial charge in [0.05, 0.1) is 6.61 Å². The molecule has 1 aromatic heterocycles. The SMILES string of the molecule is COCCNCCCc1nnc(CS(C)(=O)=O)s1. The molecule has 0 fully saturated rings. The van der Waals surface area contributed by atoms with Gasteiger partial charge in [-0.05, 0) is 13.0 Å². The fraction of sp³-hybridized carbons (Fsp3) is 0.800. The fourth-order valence-electron chi connectivity index (χ4n) is 1.34. The Hall–Kier alpha value is -0.570. The fourth-order valence-corrected chi connectivity index (χ4v) is 3.40. The van der Waals surface area contributed by atoms with Crippen molar-refractivity contribution in [2.75, 3.05) is 33.1 Å². The smallest absolute Gasteiger partial charge is 0.154 e. The van der Waals surface area contributed by atoms with Crippen molar-refractivity contribution in [2.45, 2.75) is 18.6 Å². The number of aromatic nitrogens is 2. The highest BCUT2D eigenvalue weighted by molar-refractivity contribution is 7.90. The zero-order valence-corrected chi connectivity index (χ0v) is 12.3. The Morgan fingerprint density at radius 1 is 1.28 bits per heavy atom. The van der Waals surface area contributed by atoms with E-state index in [2.05, 4.69) is 15.5 Å². The van der Waals surface area contributed by atoms with Crippen LogP contribution in [0.25, 0.3) is 0 Å². The molecule has 1 N–H and O–H groups in total. The highest BCUT2D eigenvalue weighted by Gasteiger charge is 2.10. The Morgan fingerprint density at radius 3 is 2.67 bits per heavy atom. The van der Waals surface area contributed by atoms with Gasteiger partial charge in [-0.25, -0.2) is 8.42 Å². The van der Waals surface area contributed by atoms with Gasteiger partial charge in [-0.1, -0.05) is 0 Å². The third kappa shape index (κ3) is 7.00. The normalized spacial score (nSPS) is 11.9. The highest BCUT2D eigenvalue weighted by atomic mass is 32.2. The molecule has 0 saturated heterocycles. The zero-order valence-electron chi connectivity index (χ0n) is 10.7. The summed E-state index contributed by atoms with van der Waals surface area (Å²) in [6.07, 6.45) is 2.98. The first-order valence-corrected chi connectivity index (χ1v) is 8.57. The number of rotatable bonds is 9. The average Bonchev–Trinajstić information content (AvgIpc) is 2.68. The summed E-state index contributed by atoms with van der Waals surface area (Å²) in [4.78, 5) is 0. The molecule has 0 aromatic carbocycles. The van der Waals surface area contributed by atoms with E-state index in [1.807, 2.05) is 0 Å². The largest absolute Gasteiger partial charge is 0.383 e. The number of ether oxygens (including phenoxy) is 1. The van der Waals surface area contributed by atoms with E-state index in [9.17, 15) is 8.42 Å². The second kappa shape index (κ2) is 7.78. The van der Waals surface area contributed by atoms with Crippen molar-refractivity contribution in [1.82, 2.24) is 15.5 Å². The first-order chi connectivity index (χ1) is 8.51. The lowest BCUT2D eigenvalue weighted by Crippen LogP contribution is -2.20. The standard InChI is InChI=1S/C10H19N3O3S2/c1-16-7-6-11-5-3-4-9-12-13-10(17-9)8-18(2,14)15/h11H,3-8H2,1-2H3. The second-order valence-corrected chi connectivity index (χ2v) is 7.29. The van der Waals surface area contributed by atoms with Gasteiger partial charge in [-0.2, -0.15) is 0 Å². The summed E-state index contributed by atoms with van der Waals surface area (Å²) in [6, 6.07) is 0. The molecule has 0 aliphatic rings. The first kappa shape index (κ1) is 15.5. The number of hydrogen-bond donors (Lipinski definition) is 1. The number of sulfone groups is 1. The second-order valence-electron chi connectivity index (χ2n) is 4.01. The van der Waals surface area contributed by atoms with Crippen LogP contribution in [0, 0.1) is 0 Å². The number of nitrogens with one attached hydrogen (secondary N) is 1. The Balaban J connectivity index is 2.23. The number of nitrogens with zero attached hydrogens (tertiary/aromatic N) is 2. The van der Waals surface area contributed by atoms with Crippen molar-refractivity contribution in [3.63, 3.8) is 0 Å². The predicted octanol–water partition coefficient (Wildman–Crippen LogP) is 0.251. The van der Waals surface area contributed by atoms with Crippen LogP contribution in [-0.4, -0.2) is 51.7 Å². The van der Waals surface area contributed by atoms with Gasteiger partial charge in [0, 0.05) is 26.3 Å². The van der Waals surface area contributed by atoms with E-state index in [-0.39, 0.29) is 5.75 Å². The molecule has 1 rings (SSSR count). The Kier molecular flexibility index (Phi) is 6.69. The van der Waals surface area contributed by atoms with E-state index >= 15 is 0 Å². The van der Waals surface area contributed by atoms with Crippen LogP contribution in [-0.2, 0) is 26.7 Å². The van der Waals surface area contributed by atoms with E-state index in [1.54, 1.807) is 7.11 Å². The van der Waals surface area contributed by atoms with Gasteiger partial charge < -0.3 is 10.1 Å². The number of hydrogen-bond acceptors (Lipinski definition) is 7. The first-order valence-electron chi connectivity index (χ1n) is 5.70. The minimum Gasteiger partial charge on any atom is -0.383 e. The summed E-state index contributed by atoms with van der Waals surface area (Å²) in [6.45, 7) is 2.44. The highest BCUT2D eigenvalue weighted by Crippen LogP contribution is 2.13. The lowest BCUT2D eigenvalue weighted by molar-refractivity contribution is 0.199. The molecule has 0 bridgehead atoms. The molecule has 8 heteroatoms. The maximum atomic E-state index is 11.1. The summed E-state index contributed by atoms with van der Waals surface area (Å²) in [5.74, 6) is -0.0171. The molecule has 6 nitrogen and oxygen atoms in total. The quantitative estimate of drug-likeness (QED) is 0.657. The predicted molar refractivity (Wildman–Crippen MR) is 71.5 cm³/mol. The third-order valence-electron chi connectivity index (χ3n) is 2.12. The van der Waals surface area contributed by atoms with Gasteiger partial charge in [0.15, 0.2) is 9.84 Å². The van der Waals surface area contributed by atoms with E-state index < -0.39 is 9.84 Å². The molecule has 0 unspecified atom stereocenters. The van der Waals surface area contributed by atoms with E-state index in [4.69, 9.17) is 4.74 Å². The molecule has 0 spiro atoms. The molecule has 0 amide bonds. The summed E-state index contributed by atoms with van der Waals surface area (Å²) >= 11 is 1.37. The van der Waals surface area contributed by atoms with Crippen LogP contribution in [0.1, 0.15) is 16.4 Å². The van der Waals surface area contributed by atoms with Crippen molar-refractivity contribution >= 4 is 21.2 Å². The monoisotopic (exact) mass is 293 g/mol. The average molecular weight is 293 g/mol. The molecule has 18 heavy (non-hydrogen) atoms. The summed E-state index contributed by atoms with van der Waals surface area (Å²) < 4.78 is 27.1. The molecule has 0 aliphatic heterocycles. The molecular formula is C10H19N3O3S2. The van der Waals surface area contributed by atoms with Gasteiger partial charge >= 0.3 is 0 Å². The molecular weight excluding hydrogens is 274 g/mol. The molecule has 0 radical (unpaired) electrons. The number of methoxy groups -OCH3 is 1. The van der Waals surface area contributed by atoms with Gasteiger partial charge in [0.2, 0.25) is 0 Å². The Labute approximate surface area is 112 Å². The Morgan fingerprint density at radius 2 is 2.00 bits per heavy atom. The van der Waals surface area contributed by atoms with Crippen LogP contribution in [0.5, 0.6) is 0 Å². The molecule has 0 aliphatic carbocycles. The van der Waals surface area contributed by atoms with E-state index in [0.717, 1.165) is 30.9 Å². The minimum absolute atomic E-state index is 0.0171.